The number of hydrogen-bond donors (Lipinski definition) is 1. The fourth-order valence-electron chi connectivity index (χ4n) is 1.87. The summed E-state index contributed by atoms with van der Waals surface area (Å²) in [7, 11) is 0. The van der Waals surface area contributed by atoms with E-state index in [9.17, 15) is 9.59 Å². The van der Waals surface area contributed by atoms with E-state index in [1.54, 1.807) is 19.1 Å². The van der Waals surface area contributed by atoms with Crippen LogP contribution in [0.25, 0.3) is 0 Å². The zero-order valence-electron chi connectivity index (χ0n) is 8.97. The van der Waals surface area contributed by atoms with Crippen LogP contribution in [0, 0.1) is 5.41 Å². The number of carboxylic acid groups (broad SMARTS) is 1. The van der Waals surface area contributed by atoms with Gasteiger partial charge in [-0.05, 0) is 25.5 Å². The van der Waals surface area contributed by atoms with E-state index in [2.05, 4.69) is 0 Å². The Morgan fingerprint density at radius 3 is 2.81 bits per heavy atom. The lowest BCUT2D eigenvalue weighted by Crippen LogP contribution is -2.34. The molecule has 86 valence electrons. The van der Waals surface area contributed by atoms with Crippen molar-refractivity contribution in [3.8, 4) is 0 Å². The van der Waals surface area contributed by atoms with Crippen molar-refractivity contribution in [2.45, 2.75) is 13.3 Å². The van der Waals surface area contributed by atoms with Crippen molar-refractivity contribution in [1.29, 1.82) is 0 Å². The summed E-state index contributed by atoms with van der Waals surface area (Å²) < 4.78 is 5.00. The van der Waals surface area contributed by atoms with E-state index < -0.39 is 11.4 Å². The molecule has 0 aromatic carbocycles. The Hall–Kier alpha value is -1.78. The van der Waals surface area contributed by atoms with Gasteiger partial charge in [-0.1, -0.05) is 0 Å². The summed E-state index contributed by atoms with van der Waals surface area (Å²) in [4.78, 5) is 24.4. The molecule has 0 saturated carbocycles. The topological polar surface area (TPSA) is 70.8 Å². The number of hydrogen-bond acceptors (Lipinski definition) is 3. The summed E-state index contributed by atoms with van der Waals surface area (Å²) in [5.41, 5.74) is -0.831. The van der Waals surface area contributed by atoms with Crippen LogP contribution in [-0.2, 0) is 4.79 Å². The molecule has 16 heavy (non-hydrogen) atoms. The maximum absolute atomic E-state index is 11.9. The Balaban J connectivity index is 2.10. The van der Waals surface area contributed by atoms with Crippen LogP contribution < -0.4 is 0 Å². The molecule has 0 radical (unpaired) electrons. The van der Waals surface area contributed by atoms with Crippen LogP contribution in [0.1, 0.15) is 23.9 Å². The lowest BCUT2D eigenvalue weighted by Gasteiger charge is -2.19. The molecule has 1 fully saturated rings. The molecule has 1 aromatic rings. The predicted molar refractivity (Wildman–Crippen MR) is 55.0 cm³/mol. The number of furan rings is 1. The summed E-state index contributed by atoms with van der Waals surface area (Å²) in [6.45, 7) is 2.36. The Labute approximate surface area is 92.7 Å². The Bertz CT molecular complexity index is 412. The molecular formula is C11H13NO4. The molecule has 1 amide bonds. The van der Waals surface area contributed by atoms with Crippen molar-refractivity contribution >= 4 is 11.9 Å². The Morgan fingerprint density at radius 1 is 1.56 bits per heavy atom. The standard InChI is InChI=1S/C11H13NO4/c1-11(10(14)15)4-5-12(7-11)9(13)8-3-2-6-16-8/h2-3,6H,4-5,7H2,1H3,(H,14,15)/t11-/m0/s1. The lowest BCUT2D eigenvalue weighted by molar-refractivity contribution is -0.147. The molecule has 0 unspecified atom stereocenters. The molecule has 2 heterocycles. The van der Waals surface area contributed by atoms with Gasteiger partial charge >= 0.3 is 5.97 Å². The number of amides is 1. The van der Waals surface area contributed by atoms with Crippen molar-refractivity contribution in [1.82, 2.24) is 4.90 Å². The van der Waals surface area contributed by atoms with Crippen LogP contribution in [0.3, 0.4) is 0 Å². The average Bonchev–Trinajstić information content (AvgIpc) is 2.85. The molecule has 5 nitrogen and oxygen atoms in total. The fourth-order valence-corrected chi connectivity index (χ4v) is 1.87. The van der Waals surface area contributed by atoms with Gasteiger partial charge in [0.25, 0.3) is 5.91 Å². The van der Waals surface area contributed by atoms with Gasteiger partial charge in [-0.15, -0.1) is 0 Å². The summed E-state index contributed by atoms with van der Waals surface area (Å²) >= 11 is 0. The van der Waals surface area contributed by atoms with Crippen LogP contribution >= 0.6 is 0 Å². The van der Waals surface area contributed by atoms with Crippen LogP contribution in [0.5, 0.6) is 0 Å². The molecule has 0 spiro atoms. The van der Waals surface area contributed by atoms with E-state index in [0.29, 0.717) is 13.0 Å². The van der Waals surface area contributed by atoms with Gasteiger partial charge in [-0.3, -0.25) is 9.59 Å². The molecule has 5 heteroatoms. The van der Waals surface area contributed by atoms with Crippen molar-refractivity contribution < 1.29 is 19.1 Å². The van der Waals surface area contributed by atoms with Crippen LogP contribution in [0.4, 0.5) is 0 Å². The molecule has 1 aliphatic rings. The van der Waals surface area contributed by atoms with Crippen molar-refractivity contribution in [3.05, 3.63) is 24.2 Å². The van der Waals surface area contributed by atoms with E-state index in [-0.39, 0.29) is 18.2 Å². The number of carbonyl (C=O) groups is 2. The van der Waals surface area contributed by atoms with Crippen LogP contribution in [0.2, 0.25) is 0 Å². The first-order valence-corrected chi connectivity index (χ1v) is 5.09. The first-order chi connectivity index (χ1) is 7.53. The quantitative estimate of drug-likeness (QED) is 0.818. The van der Waals surface area contributed by atoms with Crippen molar-refractivity contribution in [2.75, 3.05) is 13.1 Å². The maximum atomic E-state index is 11.9. The number of nitrogens with zero attached hydrogens (tertiary/aromatic N) is 1. The Kier molecular flexibility index (Phi) is 2.46. The SMILES string of the molecule is C[C@]1(C(=O)O)CCN(C(=O)c2ccco2)C1. The monoisotopic (exact) mass is 223 g/mol. The van der Waals surface area contributed by atoms with Crippen LogP contribution in [0.15, 0.2) is 22.8 Å². The zero-order valence-corrected chi connectivity index (χ0v) is 8.97. The largest absolute Gasteiger partial charge is 0.481 e. The van der Waals surface area contributed by atoms with Gasteiger partial charge in [0.1, 0.15) is 0 Å². The maximum Gasteiger partial charge on any atom is 0.311 e. The second kappa shape index (κ2) is 3.66. The second-order valence-corrected chi connectivity index (χ2v) is 4.32. The van der Waals surface area contributed by atoms with Crippen molar-refractivity contribution in [2.24, 2.45) is 5.41 Å². The zero-order chi connectivity index (χ0) is 11.8. The fraction of sp³-hybridized carbons (Fsp3) is 0.455. The van der Waals surface area contributed by atoms with Gasteiger partial charge in [-0.2, -0.15) is 0 Å². The minimum atomic E-state index is -0.859. The average molecular weight is 223 g/mol. The second-order valence-electron chi connectivity index (χ2n) is 4.32. The van der Waals surface area contributed by atoms with Gasteiger partial charge in [0.2, 0.25) is 0 Å². The minimum absolute atomic E-state index is 0.238. The third-order valence-electron chi connectivity index (χ3n) is 3.01. The van der Waals surface area contributed by atoms with Gasteiger partial charge in [0, 0.05) is 13.1 Å². The van der Waals surface area contributed by atoms with Crippen LogP contribution in [-0.4, -0.2) is 35.0 Å². The molecule has 1 aliphatic heterocycles. The highest BCUT2D eigenvalue weighted by molar-refractivity contribution is 5.92. The van der Waals surface area contributed by atoms with Gasteiger partial charge in [0.05, 0.1) is 11.7 Å². The number of carboxylic acids is 1. The normalized spacial score (nSPS) is 24.7. The minimum Gasteiger partial charge on any atom is -0.481 e. The molecule has 0 aliphatic carbocycles. The Morgan fingerprint density at radius 2 is 2.31 bits per heavy atom. The van der Waals surface area contributed by atoms with Crippen molar-refractivity contribution in [3.63, 3.8) is 0 Å². The smallest absolute Gasteiger partial charge is 0.311 e. The summed E-state index contributed by atoms with van der Waals surface area (Å²) in [6.07, 6.45) is 1.91. The first-order valence-electron chi connectivity index (χ1n) is 5.09. The van der Waals surface area contributed by atoms with Gasteiger partial charge < -0.3 is 14.4 Å². The number of rotatable bonds is 2. The van der Waals surface area contributed by atoms with E-state index >= 15 is 0 Å². The van der Waals surface area contributed by atoms with E-state index in [1.807, 2.05) is 0 Å². The highest BCUT2D eigenvalue weighted by Crippen LogP contribution is 2.30. The highest BCUT2D eigenvalue weighted by atomic mass is 16.4. The summed E-state index contributed by atoms with van der Waals surface area (Å²) in [6, 6.07) is 3.22. The lowest BCUT2D eigenvalue weighted by atomic mass is 9.90. The molecule has 0 bridgehead atoms. The molecule has 1 N–H and O–H groups in total. The van der Waals surface area contributed by atoms with E-state index in [0.717, 1.165) is 0 Å². The van der Waals surface area contributed by atoms with Gasteiger partial charge in [-0.25, -0.2) is 0 Å². The highest BCUT2D eigenvalue weighted by Gasteiger charge is 2.42. The molecular weight excluding hydrogens is 210 g/mol. The number of likely N-dealkylation sites (tertiary alicyclic amines) is 1. The molecule has 2 rings (SSSR count). The van der Waals surface area contributed by atoms with E-state index in [1.165, 1.54) is 11.2 Å². The number of aliphatic carboxylic acids is 1. The molecule has 1 saturated heterocycles. The third-order valence-corrected chi connectivity index (χ3v) is 3.01. The predicted octanol–water partition coefficient (Wildman–Crippen LogP) is 1.22. The first kappa shape index (κ1) is 10.7. The third kappa shape index (κ3) is 1.68. The molecule has 1 aromatic heterocycles. The molecule has 1 atom stereocenters. The summed E-state index contributed by atoms with van der Waals surface area (Å²) in [5.74, 6) is -0.841. The van der Waals surface area contributed by atoms with E-state index in [4.69, 9.17) is 9.52 Å². The number of carbonyl (C=O) groups excluding carboxylic acids is 1. The van der Waals surface area contributed by atoms with Gasteiger partial charge in [0.15, 0.2) is 5.76 Å². The summed E-state index contributed by atoms with van der Waals surface area (Å²) in [5, 5.41) is 9.04.